The van der Waals surface area contributed by atoms with Gasteiger partial charge in [0.05, 0.1) is 14.4 Å². The summed E-state index contributed by atoms with van der Waals surface area (Å²) >= 11 is 0. The van der Waals surface area contributed by atoms with E-state index in [2.05, 4.69) is 36.8 Å². The summed E-state index contributed by atoms with van der Waals surface area (Å²) in [5, 5.41) is 0. The molecule has 7 unspecified atom stereocenters. The third-order valence-electron chi connectivity index (χ3n) is 10.4. The van der Waals surface area contributed by atoms with Crippen LogP contribution in [-0.2, 0) is 42.6 Å². The Balaban J connectivity index is -0.000000122. The van der Waals surface area contributed by atoms with Gasteiger partial charge in [0.15, 0.2) is 29.1 Å². The van der Waals surface area contributed by atoms with Crippen LogP contribution in [0.1, 0.15) is 76.7 Å². The van der Waals surface area contributed by atoms with Crippen molar-refractivity contribution < 1.29 is 315 Å². The highest BCUT2D eigenvalue weighted by atomic mass is 19.5. The number of hydrogen-bond acceptors (Lipinski definition) is 9. The van der Waals surface area contributed by atoms with Crippen molar-refractivity contribution in [3.8, 4) is 0 Å². The van der Waals surface area contributed by atoms with E-state index in [0.29, 0.717) is 21.3 Å². The zero-order chi connectivity index (χ0) is 100. The van der Waals surface area contributed by atoms with Crippen LogP contribution in [0.4, 0.5) is 272 Å². The number of hydrogen-bond donors (Lipinski definition) is 0. The normalized spacial score (nSPS) is 16.7. The second-order valence-electron chi connectivity index (χ2n) is 19.6. The van der Waals surface area contributed by atoms with E-state index >= 15 is 0 Å². The maximum absolute atomic E-state index is 13.5. The van der Waals surface area contributed by atoms with Gasteiger partial charge in [0.25, 0.3) is 0 Å². The van der Waals surface area contributed by atoms with Crippen LogP contribution in [0.2, 0.25) is 0 Å². The highest BCUT2D eigenvalue weighted by molar-refractivity contribution is 5.02. The van der Waals surface area contributed by atoms with Crippen molar-refractivity contribution in [3.05, 3.63) is 74.2 Å². The highest BCUT2D eigenvalue weighted by Crippen LogP contribution is 2.58. The Kier molecular flexibility index (Phi) is 54.8. The van der Waals surface area contributed by atoms with Crippen molar-refractivity contribution >= 4 is 0 Å². The predicted molar refractivity (Wildman–Crippen MR) is 289 cm³/mol. The number of alkyl halides is 57. The first-order chi connectivity index (χ1) is 51.5. The lowest BCUT2D eigenvalue weighted by Crippen LogP contribution is -2.64. The average Bonchev–Trinajstić information content (AvgIpc) is 0.742. The minimum absolute atomic E-state index is 0. The summed E-state index contributed by atoms with van der Waals surface area (Å²) in [7, 11) is 1.00. The van der Waals surface area contributed by atoms with Crippen LogP contribution < -0.4 is 0 Å². The molecule has 0 saturated carbocycles. The van der Waals surface area contributed by atoms with E-state index in [1.807, 2.05) is 18.9 Å². The molecule has 0 amide bonds. The Morgan fingerprint density at radius 2 is 0.347 bits per heavy atom. The van der Waals surface area contributed by atoms with Crippen molar-refractivity contribution in [2.24, 2.45) is 0 Å². The molecule has 0 bridgehead atoms. The van der Waals surface area contributed by atoms with Gasteiger partial charge in [0.1, 0.15) is 13.2 Å². The third kappa shape index (κ3) is 40.6. The molecule has 0 N–H and O–H groups in total. The van der Waals surface area contributed by atoms with Crippen LogP contribution in [0.3, 0.4) is 0 Å². The monoisotopic (exact) mass is 2010 g/mol. The van der Waals surface area contributed by atoms with Crippen molar-refractivity contribution in [1.29, 1.82) is 0 Å². The van der Waals surface area contributed by atoms with E-state index < -0.39 is 225 Å². The fourth-order valence-corrected chi connectivity index (χ4v) is 4.38. The van der Waals surface area contributed by atoms with Gasteiger partial charge >= 0.3 is 158 Å². The van der Waals surface area contributed by atoms with Gasteiger partial charge in [-0.05, 0) is 6.92 Å². The lowest BCUT2D eigenvalue weighted by molar-refractivity contribution is -0.527. The topological polar surface area (TPSA) is 83.1 Å². The lowest BCUT2D eigenvalue weighted by atomic mass is 10.2. The summed E-state index contributed by atoms with van der Waals surface area (Å²) in [5.41, 5.74) is -0.757. The Bertz CT molecular complexity index is 3000. The van der Waals surface area contributed by atoms with E-state index in [4.69, 9.17) is 0 Å². The van der Waals surface area contributed by atoms with E-state index in [0.717, 1.165) is 6.92 Å². The minimum atomic E-state index is -7.21. The predicted octanol–water partition coefficient (Wildman–Crippen LogP) is 29.6. The third-order valence-corrected chi connectivity index (χ3v) is 10.4. The zero-order valence-electron chi connectivity index (χ0n) is 56.9. The van der Waals surface area contributed by atoms with Crippen molar-refractivity contribution in [1.82, 2.24) is 0 Å². The Morgan fingerprint density at radius 3 is 0.452 bits per heavy atom. The quantitative estimate of drug-likeness (QED) is 0.0516. The van der Waals surface area contributed by atoms with Gasteiger partial charge in [-0.1, -0.05) is 90.0 Å². The SMILES string of the molecule is C.C.C.C.C=C(C)C(F)(F)F.C=C(F)C(F)(F)OC(F)(C(F)(F)F)C(F)(F)OC(F)(CC)C(F)(F)F.C=C(F)C(F)(F)OC(F)(C(F)(F)F)C(F)(F)OC(F)(CC)C(F)(F)F.C=C(F)C(F)(F)OC(F)(C(F)(F)F)C(F)(F)OCC(F)(F)F.C=C(F)C(F)(F)OC(F)(C(F)(F)F)C(F)(F)OCC(F)(F)F.C=C(F)C(F)(F)OC(F)(CC)C(F)(F)F.CF.CF. The second-order valence-corrected chi connectivity index (χ2v) is 19.6. The molecular formula is C53H56F62O9. The van der Waals surface area contributed by atoms with Crippen LogP contribution in [0.25, 0.3) is 0 Å². The lowest BCUT2D eigenvalue weighted by Gasteiger charge is -2.38. The molecule has 756 valence electrons. The van der Waals surface area contributed by atoms with Crippen molar-refractivity contribution in [2.45, 2.75) is 234 Å². The summed E-state index contributed by atoms with van der Waals surface area (Å²) in [4.78, 5) is 0. The van der Waals surface area contributed by atoms with Crippen LogP contribution in [0, 0.1) is 0 Å². The van der Waals surface area contributed by atoms with Crippen LogP contribution in [-0.4, -0.2) is 185 Å². The molecule has 0 aliphatic carbocycles. The summed E-state index contributed by atoms with van der Waals surface area (Å²) in [6.45, 7) is 7.19. The summed E-state index contributed by atoms with van der Waals surface area (Å²) in [5.74, 6) is -58.6. The summed E-state index contributed by atoms with van der Waals surface area (Å²) in [6.07, 6.45) is -124. The van der Waals surface area contributed by atoms with Crippen LogP contribution >= 0.6 is 0 Å². The molecule has 0 fully saturated rings. The van der Waals surface area contributed by atoms with E-state index in [9.17, 15) is 272 Å². The highest BCUT2D eigenvalue weighted by Gasteiger charge is 2.84. The Hall–Kier alpha value is -6.26. The molecule has 9 nitrogen and oxygen atoms in total. The van der Waals surface area contributed by atoms with Gasteiger partial charge in [0.2, 0.25) is 0 Å². The second kappa shape index (κ2) is 47.3. The first-order valence-electron chi connectivity index (χ1n) is 26.7. The molecule has 124 heavy (non-hydrogen) atoms. The van der Waals surface area contributed by atoms with Gasteiger partial charge in [-0.2, -0.15) is 228 Å². The fraction of sp³-hybridized carbons (Fsp3) is 0.774. The standard InChI is InChI=1S/2C10H7F13O2.2C8H4F12O2.C7H7F7O.C4H5F3.2CH3F.4CH4/c2*1-3-5(12,8(16,17)18)24-10(22,23)7(15,9(19,20)21)25-6(13,14)4(2)11;2*1-3(9)5(13,14)22-6(15,7(16,17)18)8(19,20)21-2-4(10,11)12;1-3-5(9,7(12,13)14)15-6(10,11)4(2)8;1-3(2)4(5,6)7;2*1-2;;;;/h2*2-3H2,1H3;2*1-2H2;2-3H2,1H3;1H2,2H3;2*1H3;4*1H4. The van der Waals surface area contributed by atoms with E-state index in [1.54, 1.807) is 26.3 Å². The summed E-state index contributed by atoms with van der Waals surface area (Å²) < 4.78 is 783. The molecule has 0 saturated heterocycles. The van der Waals surface area contributed by atoms with Crippen molar-refractivity contribution in [3.63, 3.8) is 0 Å². The largest absolute Gasteiger partial charge is 0.458 e. The first-order valence-corrected chi connectivity index (χ1v) is 26.7. The molecule has 0 aliphatic rings. The van der Waals surface area contributed by atoms with E-state index in [-0.39, 0.29) is 43.6 Å². The molecule has 71 heteroatoms. The molecule has 0 aromatic heterocycles. The van der Waals surface area contributed by atoms with Gasteiger partial charge in [-0.15, -0.1) is 0 Å². The van der Waals surface area contributed by atoms with Gasteiger partial charge in [0, 0.05) is 24.8 Å². The van der Waals surface area contributed by atoms with Crippen molar-refractivity contribution in [2.75, 3.05) is 27.6 Å². The molecule has 0 aromatic rings. The molecule has 0 rings (SSSR count). The van der Waals surface area contributed by atoms with Crippen LogP contribution in [0.15, 0.2) is 74.2 Å². The number of allylic oxidation sites excluding steroid dienone is 1. The molecular weight excluding hydrogens is 1960 g/mol. The zero-order valence-corrected chi connectivity index (χ0v) is 56.9. The smallest absolute Gasteiger partial charge is 0.306 e. The van der Waals surface area contributed by atoms with Gasteiger partial charge in [-0.3, -0.25) is 41.9 Å². The number of ether oxygens (including phenoxy) is 9. The summed E-state index contributed by atoms with van der Waals surface area (Å²) in [6, 6.07) is 0. The van der Waals surface area contributed by atoms with E-state index in [1.165, 1.54) is 0 Å². The minimum Gasteiger partial charge on any atom is -0.306 e. The molecule has 0 aliphatic heterocycles. The average molecular weight is 2010 g/mol. The van der Waals surface area contributed by atoms with Crippen LogP contribution in [0.5, 0.6) is 0 Å². The number of halogens is 62. The maximum Gasteiger partial charge on any atom is 0.458 e. The first kappa shape index (κ1) is 144. The van der Waals surface area contributed by atoms with Gasteiger partial charge < -0.3 is 9.47 Å². The molecule has 7 atom stereocenters. The Morgan fingerprint density at radius 1 is 0.218 bits per heavy atom. The number of rotatable bonds is 30. The Labute approximate surface area is 651 Å². The maximum atomic E-state index is 13.5. The molecule has 0 radical (unpaired) electrons. The molecule has 0 spiro atoms. The molecule has 0 aromatic carbocycles. The fourth-order valence-electron chi connectivity index (χ4n) is 4.38. The molecule has 0 heterocycles. The van der Waals surface area contributed by atoms with Gasteiger partial charge in [-0.25, -0.2) is 35.1 Å².